The van der Waals surface area contributed by atoms with Crippen molar-refractivity contribution in [3.8, 4) is 6.07 Å². The van der Waals surface area contributed by atoms with Crippen molar-refractivity contribution in [2.45, 2.75) is 0 Å². The SMILES string of the molecule is N#Cc1ccc(NCC(=O)N2CCOCC2)cc1Cl. The van der Waals surface area contributed by atoms with Crippen molar-refractivity contribution in [1.29, 1.82) is 5.26 Å². The maximum atomic E-state index is 11.9. The van der Waals surface area contributed by atoms with Gasteiger partial charge in [-0.3, -0.25) is 4.79 Å². The second-order valence-electron chi connectivity index (χ2n) is 4.15. The molecule has 1 heterocycles. The highest BCUT2D eigenvalue weighted by molar-refractivity contribution is 6.32. The average Bonchev–Trinajstić information content (AvgIpc) is 2.46. The van der Waals surface area contributed by atoms with Crippen molar-refractivity contribution >= 4 is 23.2 Å². The molecule has 0 bridgehead atoms. The summed E-state index contributed by atoms with van der Waals surface area (Å²) >= 11 is 5.92. The van der Waals surface area contributed by atoms with E-state index in [-0.39, 0.29) is 12.5 Å². The van der Waals surface area contributed by atoms with Crippen LogP contribution >= 0.6 is 11.6 Å². The van der Waals surface area contributed by atoms with Crippen LogP contribution in [0.25, 0.3) is 0 Å². The Morgan fingerprint density at radius 1 is 1.47 bits per heavy atom. The lowest BCUT2D eigenvalue weighted by Gasteiger charge is -2.27. The van der Waals surface area contributed by atoms with Gasteiger partial charge in [-0.15, -0.1) is 0 Å². The number of hydrogen-bond donors (Lipinski definition) is 1. The predicted molar refractivity (Wildman–Crippen MR) is 72.1 cm³/mol. The number of nitrogens with zero attached hydrogens (tertiary/aromatic N) is 2. The summed E-state index contributed by atoms with van der Waals surface area (Å²) in [6.45, 7) is 2.66. The summed E-state index contributed by atoms with van der Waals surface area (Å²) < 4.78 is 5.19. The molecule has 1 aromatic carbocycles. The van der Waals surface area contributed by atoms with Crippen LogP contribution in [0.5, 0.6) is 0 Å². The van der Waals surface area contributed by atoms with Gasteiger partial charge in [-0.05, 0) is 18.2 Å². The Morgan fingerprint density at radius 3 is 2.84 bits per heavy atom. The monoisotopic (exact) mass is 279 g/mol. The van der Waals surface area contributed by atoms with Crippen LogP contribution in [0.15, 0.2) is 18.2 Å². The van der Waals surface area contributed by atoms with Gasteiger partial charge in [0.05, 0.1) is 30.3 Å². The van der Waals surface area contributed by atoms with Gasteiger partial charge in [0.1, 0.15) is 6.07 Å². The van der Waals surface area contributed by atoms with Crippen molar-refractivity contribution in [1.82, 2.24) is 4.90 Å². The molecular weight excluding hydrogens is 266 g/mol. The number of anilines is 1. The Bertz CT molecular complexity index is 507. The number of carbonyl (C=O) groups excluding carboxylic acids is 1. The molecule has 5 nitrogen and oxygen atoms in total. The van der Waals surface area contributed by atoms with Crippen molar-refractivity contribution < 1.29 is 9.53 Å². The van der Waals surface area contributed by atoms with Crippen LogP contribution in [0.1, 0.15) is 5.56 Å². The van der Waals surface area contributed by atoms with Gasteiger partial charge in [0.15, 0.2) is 0 Å². The summed E-state index contributed by atoms with van der Waals surface area (Å²) in [6, 6.07) is 7.00. The summed E-state index contributed by atoms with van der Waals surface area (Å²) in [7, 11) is 0. The summed E-state index contributed by atoms with van der Waals surface area (Å²) in [5.74, 6) is 0.0313. The first-order valence-electron chi connectivity index (χ1n) is 6.00. The lowest BCUT2D eigenvalue weighted by Crippen LogP contribution is -2.43. The molecule has 0 radical (unpaired) electrons. The van der Waals surface area contributed by atoms with Gasteiger partial charge in [-0.25, -0.2) is 0 Å². The number of rotatable bonds is 3. The van der Waals surface area contributed by atoms with Gasteiger partial charge >= 0.3 is 0 Å². The fourth-order valence-electron chi connectivity index (χ4n) is 1.82. The van der Waals surface area contributed by atoms with E-state index in [1.807, 2.05) is 6.07 Å². The number of nitriles is 1. The minimum atomic E-state index is 0.0313. The molecule has 1 N–H and O–H groups in total. The van der Waals surface area contributed by atoms with Crippen LogP contribution in [0.2, 0.25) is 5.02 Å². The number of amides is 1. The standard InChI is InChI=1S/C13H14ClN3O2/c14-12-7-11(2-1-10(12)8-15)16-9-13(18)17-3-5-19-6-4-17/h1-2,7,16H,3-6,9H2. The second-order valence-corrected chi connectivity index (χ2v) is 4.56. The first kappa shape index (κ1) is 13.7. The Morgan fingerprint density at radius 2 is 2.21 bits per heavy atom. The lowest BCUT2D eigenvalue weighted by molar-refractivity contribution is -0.133. The van der Waals surface area contributed by atoms with Crippen molar-refractivity contribution in [2.75, 3.05) is 38.2 Å². The third kappa shape index (κ3) is 3.60. The third-order valence-corrected chi connectivity index (χ3v) is 3.21. The van der Waals surface area contributed by atoms with Crippen molar-refractivity contribution in [3.63, 3.8) is 0 Å². The molecule has 0 atom stereocenters. The van der Waals surface area contributed by atoms with Crippen LogP contribution in [0.4, 0.5) is 5.69 Å². The Balaban J connectivity index is 1.89. The summed E-state index contributed by atoms with van der Waals surface area (Å²) in [4.78, 5) is 13.7. The maximum Gasteiger partial charge on any atom is 0.242 e. The molecule has 1 fully saturated rings. The molecule has 100 valence electrons. The maximum absolute atomic E-state index is 11.9. The molecule has 1 aromatic rings. The van der Waals surface area contributed by atoms with E-state index < -0.39 is 0 Å². The Hall–Kier alpha value is -1.77. The van der Waals surface area contributed by atoms with Crippen LogP contribution in [0, 0.1) is 11.3 Å². The van der Waals surface area contributed by atoms with Crippen molar-refractivity contribution in [3.05, 3.63) is 28.8 Å². The zero-order valence-electron chi connectivity index (χ0n) is 10.4. The van der Waals surface area contributed by atoms with E-state index in [9.17, 15) is 4.79 Å². The molecule has 1 aliphatic rings. The number of nitrogens with one attached hydrogen (secondary N) is 1. The van der Waals surface area contributed by atoms with E-state index in [0.717, 1.165) is 5.69 Å². The molecule has 0 unspecified atom stereocenters. The number of morpholine rings is 1. The fraction of sp³-hybridized carbons (Fsp3) is 0.385. The lowest BCUT2D eigenvalue weighted by atomic mass is 10.2. The van der Waals surface area contributed by atoms with E-state index in [1.165, 1.54) is 0 Å². The van der Waals surface area contributed by atoms with Crippen LogP contribution in [-0.4, -0.2) is 43.7 Å². The zero-order chi connectivity index (χ0) is 13.7. The highest BCUT2D eigenvalue weighted by Crippen LogP contribution is 2.20. The molecule has 6 heteroatoms. The normalized spacial score (nSPS) is 14.8. The number of halogens is 1. The number of ether oxygens (including phenoxy) is 1. The summed E-state index contributed by atoms with van der Waals surface area (Å²) in [5.41, 5.74) is 1.15. The van der Waals surface area contributed by atoms with Gasteiger partial charge in [-0.1, -0.05) is 11.6 Å². The number of carbonyl (C=O) groups is 1. The molecular formula is C13H14ClN3O2. The first-order chi connectivity index (χ1) is 9.20. The van der Waals surface area contributed by atoms with E-state index in [0.29, 0.717) is 36.9 Å². The molecule has 0 aliphatic carbocycles. The predicted octanol–water partition coefficient (Wildman–Crippen LogP) is 1.48. The Labute approximate surface area is 116 Å². The van der Waals surface area contributed by atoms with Gasteiger partial charge in [-0.2, -0.15) is 5.26 Å². The average molecular weight is 280 g/mol. The highest BCUT2D eigenvalue weighted by atomic mass is 35.5. The summed E-state index contributed by atoms with van der Waals surface area (Å²) in [5, 5.41) is 12.2. The highest BCUT2D eigenvalue weighted by Gasteiger charge is 2.16. The minimum absolute atomic E-state index is 0.0313. The van der Waals surface area contributed by atoms with E-state index in [2.05, 4.69) is 5.32 Å². The molecule has 1 aliphatic heterocycles. The molecule has 0 spiro atoms. The molecule has 2 rings (SSSR count). The number of benzene rings is 1. The van der Waals surface area contributed by atoms with E-state index >= 15 is 0 Å². The van der Waals surface area contributed by atoms with E-state index in [1.54, 1.807) is 23.1 Å². The van der Waals surface area contributed by atoms with Gasteiger partial charge in [0, 0.05) is 18.8 Å². The quantitative estimate of drug-likeness (QED) is 0.910. The van der Waals surface area contributed by atoms with Gasteiger partial charge in [0.2, 0.25) is 5.91 Å². The van der Waals surface area contributed by atoms with Crippen LogP contribution in [-0.2, 0) is 9.53 Å². The number of hydrogen-bond acceptors (Lipinski definition) is 4. The summed E-state index contributed by atoms with van der Waals surface area (Å²) in [6.07, 6.45) is 0. The zero-order valence-corrected chi connectivity index (χ0v) is 11.1. The largest absolute Gasteiger partial charge is 0.378 e. The molecule has 1 saturated heterocycles. The molecule has 0 saturated carbocycles. The Kier molecular flexibility index (Phi) is 4.61. The first-order valence-corrected chi connectivity index (χ1v) is 6.37. The minimum Gasteiger partial charge on any atom is -0.378 e. The van der Waals surface area contributed by atoms with Crippen LogP contribution in [0.3, 0.4) is 0 Å². The smallest absolute Gasteiger partial charge is 0.242 e. The van der Waals surface area contributed by atoms with Gasteiger partial charge in [0.25, 0.3) is 0 Å². The molecule has 19 heavy (non-hydrogen) atoms. The topological polar surface area (TPSA) is 65.4 Å². The van der Waals surface area contributed by atoms with E-state index in [4.69, 9.17) is 21.6 Å². The molecule has 0 aromatic heterocycles. The van der Waals surface area contributed by atoms with Gasteiger partial charge < -0.3 is 15.0 Å². The van der Waals surface area contributed by atoms with Crippen LogP contribution < -0.4 is 5.32 Å². The van der Waals surface area contributed by atoms with Crippen molar-refractivity contribution in [2.24, 2.45) is 0 Å². The second kappa shape index (κ2) is 6.41. The third-order valence-electron chi connectivity index (χ3n) is 2.90. The fourth-order valence-corrected chi connectivity index (χ4v) is 2.04. The molecule has 1 amide bonds.